The minimum Gasteiger partial charge on any atom is -0.322 e. The highest BCUT2D eigenvalue weighted by atomic mass is 79.9. The molecule has 10 heteroatoms. The van der Waals surface area contributed by atoms with Crippen LogP contribution in [0.5, 0.6) is 0 Å². The van der Waals surface area contributed by atoms with Gasteiger partial charge in [-0.2, -0.15) is 18.3 Å². The van der Waals surface area contributed by atoms with Crippen molar-refractivity contribution in [2.75, 3.05) is 5.32 Å². The average Bonchev–Trinajstić information content (AvgIpc) is 3.26. The number of carbonyl (C=O) groups excluding carboxylic acids is 1. The fourth-order valence-electron chi connectivity index (χ4n) is 2.42. The van der Waals surface area contributed by atoms with E-state index in [4.69, 9.17) is 0 Å². The van der Waals surface area contributed by atoms with E-state index in [1.54, 1.807) is 6.07 Å². The summed E-state index contributed by atoms with van der Waals surface area (Å²) in [5, 5.41) is 5.89. The topological polar surface area (TPSA) is 46.9 Å². The standard InChI is InChI=1S/C15H11Br2F4N3O/c16-8-3-4-10(9(18)5-8)22-11(25)6-24-13(7-1-2-7)12(17)14(23-24)15(19,20)21/h3-5,7H,1-2,6H2,(H,22,25). The van der Waals surface area contributed by atoms with Gasteiger partial charge in [0.1, 0.15) is 12.4 Å². The minimum absolute atomic E-state index is 0.0524. The van der Waals surface area contributed by atoms with Crippen molar-refractivity contribution in [3.05, 3.63) is 44.3 Å². The van der Waals surface area contributed by atoms with E-state index in [0.717, 1.165) is 17.5 Å². The second kappa shape index (κ2) is 6.71. The van der Waals surface area contributed by atoms with Crippen molar-refractivity contribution >= 4 is 43.5 Å². The van der Waals surface area contributed by atoms with Crippen LogP contribution in [0.3, 0.4) is 0 Å². The zero-order valence-electron chi connectivity index (χ0n) is 12.5. The molecule has 0 saturated heterocycles. The Balaban J connectivity index is 1.83. The number of alkyl halides is 3. The van der Waals surface area contributed by atoms with E-state index < -0.39 is 30.1 Å². The van der Waals surface area contributed by atoms with Crippen LogP contribution in [0.4, 0.5) is 23.2 Å². The predicted octanol–water partition coefficient (Wildman–Crippen LogP) is 5.08. The van der Waals surface area contributed by atoms with E-state index in [1.807, 2.05) is 0 Å². The maximum absolute atomic E-state index is 13.8. The molecule has 0 spiro atoms. The van der Waals surface area contributed by atoms with Gasteiger partial charge >= 0.3 is 6.18 Å². The number of halogens is 6. The number of nitrogens with one attached hydrogen (secondary N) is 1. The van der Waals surface area contributed by atoms with Crippen molar-refractivity contribution in [2.45, 2.75) is 31.5 Å². The first-order valence-electron chi connectivity index (χ1n) is 7.25. The minimum atomic E-state index is -4.62. The lowest BCUT2D eigenvalue weighted by atomic mass is 10.2. The van der Waals surface area contributed by atoms with Crippen LogP contribution < -0.4 is 5.32 Å². The van der Waals surface area contributed by atoms with Crippen molar-refractivity contribution in [3.8, 4) is 0 Å². The third-order valence-electron chi connectivity index (χ3n) is 3.66. The van der Waals surface area contributed by atoms with Crippen molar-refractivity contribution in [2.24, 2.45) is 0 Å². The first-order valence-corrected chi connectivity index (χ1v) is 8.83. The number of hydrogen-bond donors (Lipinski definition) is 1. The van der Waals surface area contributed by atoms with Gasteiger partial charge in [0.2, 0.25) is 5.91 Å². The van der Waals surface area contributed by atoms with Crippen molar-refractivity contribution in [1.29, 1.82) is 0 Å². The number of hydrogen-bond acceptors (Lipinski definition) is 2. The maximum Gasteiger partial charge on any atom is 0.436 e. The molecule has 4 nitrogen and oxygen atoms in total. The summed E-state index contributed by atoms with van der Waals surface area (Å²) in [5.41, 5.74) is -0.765. The third kappa shape index (κ3) is 4.05. The summed E-state index contributed by atoms with van der Waals surface area (Å²) in [6.07, 6.45) is -3.14. The summed E-state index contributed by atoms with van der Waals surface area (Å²) in [4.78, 5) is 12.1. The number of aromatic nitrogens is 2. The molecular weight excluding hydrogens is 474 g/mol. The van der Waals surface area contributed by atoms with E-state index in [9.17, 15) is 22.4 Å². The molecule has 1 N–H and O–H groups in total. The molecule has 25 heavy (non-hydrogen) atoms. The second-order valence-electron chi connectivity index (χ2n) is 5.65. The molecule has 1 heterocycles. The Hall–Kier alpha value is -1.42. The van der Waals surface area contributed by atoms with Gasteiger partial charge < -0.3 is 5.32 Å². The molecule has 1 amide bonds. The molecule has 0 atom stereocenters. The number of anilines is 1. The van der Waals surface area contributed by atoms with E-state index in [1.165, 1.54) is 12.1 Å². The lowest BCUT2D eigenvalue weighted by Crippen LogP contribution is -2.21. The van der Waals surface area contributed by atoms with Gasteiger partial charge in [0.15, 0.2) is 5.69 Å². The summed E-state index contributed by atoms with van der Waals surface area (Å²) in [6, 6.07) is 4.08. The Bertz CT molecular complexity index is 831. The predicted molar refractivity (Wildman–Crippen MR) is 89.6 cm³/mol. The molecule has 0 bridgehead atoms. The SMILES string of the molecule is O=C(Cn1nc(C(F)(F)F)c(Br)c1C1CC1)Nc1ccc(Br)cc1F. The zero-order chi connectivity index (χ0) is 18.4. The summed E-state index contributed by atoms with van der Waals surface area (Å²) in [7, 11) is 0. The van der Waals surface area contributed by atoms with Gasteiger partial charge in [-0.1, -0.05) is 15.9 Å². The number of nitrogens with zero attached hydrogens (tertiary/aromatic N) is 2. The summed E-state index contributed by atoms with van der Waals surface area (Å²) < 4.78 is 54.3. The Labute approximate surface area is 156 Å². The Kier molecular flexibility index (Phi) is 4.93. The van der Waals surface area contributed by atoms with Gasteiger partial charge in [-0.25, -0.2) is 4.39 Å². The van der Waals surface area contributed by atoms with Crippen LogP contribution in [0.15, 0.2) is 27.1 Å². The number of benzene rings is 1. The number of rotatable bonds is 4. The quantitative estimate of drug-likeness (QED) is 0.615. The lowest BCUT2D eigenvalue weighted by Gasteiger charge is -2.09. The monoisotopic (exact) mass is 483 g/mol. The highest BCUT2D eigenvalue weighted by Gasteiger charge is 2.41. The largest absolute Gasteiger partial charge is 0.436 e. The van der Waals surface area contributed by atoms with E-state index >= 15 is 0 Å². The third-order valence-corrected chi connectivity index (χ3v) is 4.94. The van der Waals surface area contributed by atoms with Crippen LogP contribution in [0.25, 0.3) is 0 Å². The molecule has 0 aliphatic heterocycles. The molecule has 1 fully saturated rings. The molecule has 0 radical (unpaired) electrons. The van der Waals surface area contributed by atoms with Crippen molar-refractivity contribution in [1.82, 2.24) is 9.78 Å². The van der Waals surface area contributed by atoms with Gasteiger partial charge in [-0.3, -0.25) is 9.48 Å². The first-order chi connectivity index (χ1) is 11.7. The molecule has 3 rings (SSSR count). The number of carbonyl (C=O) groups is 1. The lowest BCUT2D eigenvalue weighted by molar-refractivity contribution is -0.142. The van der Waals surface area contributed by atoms with E-state index in [0.29, 0.717) is 10.2 Å². The maximum atomic E-state index is 13.8. The Morgan fingerprint density at radius 1 is 1.32 bits per heavy atom. The Morgan fingerprint density at radius 2 is 2.00 bits per heavy atom. The second-order valence-corrected chi connectivity index (χ2v) is 7.36. The normalized spacial score (nSPS) is 14.6. The average molecular weight is 485 g/mol. The Morgan fingerprint density at radius 3 is 2.56 bits per heavy atom. The van der Waals surface area contributed by atoms with E-state index in [2.05, 4.69) is 42.3 Å². The van der Waals surface area contributed by atoms with Crippen LogP contribution in [-0.2, 0) is 17.5 Å². The summed E-state index contributed by atoms with van der Waals surface area (Å²) in [6.45, 7) is -0.435. The summed E-state index contributed by atoms with van der Waals surface area (Å²) in [5.74, 6) is -1.37. The van der Waals surface area contributed by atoms with Crippen LogP contribution in [-0.4, -0.2) is 15.7 Å². The molecule has 134 valence electrons. The highest BCUT2D eigenvalue weighted by Crippen LogP contribution is 2.46. The van der Waals surface area contributed by atoms with E-state index in [-0.39, 0.29) is 16.1 Å². The fraction of sp³-hybridized carbons (Fsp3) is 0.333. The molecule has 1 aromatic heterocycles. The van der Waals surface area contributed by atoms with Crippen LogP contribution in [0.2, 0.25) is 0 Å². The van der Waals surface area contributed by atoms with Gasteiger partial charge in [-0.15, -0.1) is 0 Å². The van der Waals surface area contributed by atoms with Gasteiger partial charge in [0.05, 0.1) is 15.9 Å². The van der Waals surface area contributed by atoms with Crippen LogP contribution in [0.1, 0.15) is 30.1 Å². The first kappa shape index (κ1) is 18.4. The molecule has 0 unspecified atom stereocenters. The van der Waals surface area contributed by atoms with Crippen LogP contribution in [0, 0.1) is 5.82 Å². The van der Waals surface area contributed by atoms with Crippen molar-refractivity contribution in [3.63, 3.8) is 0 Å². The molecule has 1 aliphatic rings. The molecule has 1 saturated carbocycles. The molecule has 1 aromatic carbocycles. The highest BCUT2D eigenvalue weighted by molar-refractivity contribution is 9.10. The van der Waals surface area contributed by atoms with Gasteiger partial charge in [-0.05, 0) is 47.0 Å². The smallest absolute Gasteiger partial charge is 0.322 e. The van der Waals surface area contributed by atoms with Gasteiger partial charge in [0.25, 0.3) is 0 Å². The van der Waals surface area contributed by atoms with Gasteiger partial charge in [0, 0.05) is 10.4 Å². The zero-order valence-corrected chi connectivity index (χ0v) is 15.7. The fourth-order valence-corrected chi connectivity index (χ4v) is 3.58. The molecule has 2 aromatic rings. The summed E-state index contributed by atoms with van der Waals surface area (Å²) >= 11 is 6.05. The molecule has 1 aliphatic carbocycles. The molecular formula is C15H11Br2F4N3O. The number of amides is 1. The van der Waals surface area contributed by atoms with Crippen LogP contribution >= 0.6 is 31.9 Å². The van der Waals surface area contributed by atoms with Crippen molar-refractivity contribution < 1.29 is 22.4 Å².